The van der Waals surface area contributed by atoms with E-state index >= 15 is 0 Å². The van der Waals surface area contributed by atoms with E-state index in [0.717, 1.165) is 65.2 Å². The van der Waals surface area contributed by atoms with Gasteiger partial charge in [0.15, 0.2) is 0 Å². The second kappa shape index (κ2) is 11.5. The number of aromatic nitrogens is 2. The molecule has 8 heteroatoms. The van der Waals surface area contributed by atoms with Crippen LogP contribution in [0.1, 0.15) is 5.56 Å². The predicted molar refractivity (Wildman–Crippen MR) is 155 cm³/mol. The number of halogens is 1. The van der Waals surface area contributed by atoms with Gasteiger partial charge in [0.2, 0.25) is 5.95 Å². The molecule has 0 bridgehead atoms. The smallest absolute Gasteiger partial charge is 0.229 e. The zero-order valence-electron chi connectivity index (χ0n) is 21.1. The third kappa shape index (κ3) is 6.51. The maximum Gasteiger partial charge on any atom is 0.229 e. The van der Waals surface area contributed by atoms with Crippen molar-refractivity contribution in [2.45, 2.75) is 6.61 Å². The van der Waals surface area contributed by atoms with Crippen LogP contribution in [0, 0.1) is 0 Å². The number of hydrogen-bond acceptors (Lipinski definition) is 7. The summed E-state index contributed by atoms with van der Waals surface area (Å²) in [6.07, 6.45) is 0. The number of anilines is 5. The third-order valence-corrected chi connectivity index (χ3v) is 6.74. The highest BCUT2D eigenvalue weighted by atomic mass is 79.9. The number of nitrogens with zero attached hydrogens (tertiary/aromatic N) is 5. The number of nitrogens with one attached hydrogen (secondary N) is 1. The lowest BCUT2D eigenvalue weighted by molar-refractivity contribution is 0.306. The molecule has 2 heterocycles. The Labute approximate surface area is 226 Å². The van der Waals surface area contributed by atoms with Crippen molar-refractivity contribution < 1.29 is 4.74 Å². The molecule has 37 heavy (non-hydrogen) atoms. The highest BCUT2D eigenvalue weighted by molar-refractivity contribution is 9.10. The highest BCUT2D eigenvalue weighted by Gasteiger charge is 2.21. The Kier molecular flexibility index (Phi) is 7.75. The minimum atomic E-state index is 0.526. The topological polar surface area (TPSA) is 56.8 Å². The van der Waals surface area contributed by atoms with E-state index in [9.17, 15) is 0 Å². The SMILES string of the molecule is CN(C)c1cc(Nc2cccc(OCc3ccccc3)c2)nc(N2CCN(c3cccc(Br)c3)CC2)n1. The van der Waals surface area contributed by atoms with Gasteiger partial charge in [-0.05, 0) is 35.9 Å². The zero-order valence-corrected chi connectivity index (χ0v) is 22.7. The molecule has 4 aromatic rings. The van der Waals surface area contributed by atoms with Gasteiger partial charge in [-0.2, -0.15) is 9.97 Å². The molecule has 0 radical (unpaired) electrons. The van der Waals surface area contributed by atoms with E-state index in [1.165, 1.54) is 5.69 Å². The van der Waals surface area contributed by atoms with Gasteiger partial charge in [0.1, 0.15) is 24.0 Å². The Morgan fingerprint density at radius 2 is 1.59 bits per heavy atom. The lowest BCUT2D eigenvalue weighted by Gasteiger charge is -2.36. The molecule has 7 nitrogen and oxygen atoms in total. The van der Waals surface area contributed by atoms with Gasteiger partial charge < -0.3 is 24.8 Å². The van der Waals surface area contributed by atoms with Crippen LogP contribution in [0.2, 0.25) is 0 Å². The summed E-state index contributed by atoms with van der Waals surface area (Å²) in [6.45, 7) is 4.06. The van der Waals surface area contributed by atoms with Gasteiger partial charge in [0.05, 0.1) is 0 Å². The summed E-state index contributed by atoms with van der Waals surface area (Å²) in [4.78, 5) is 16.4. The molecule has 0 saturated carbocycles. The molecule has 0 unspecified atom stereocenters. The van der Waals surface area contributed by atoms with Crippen molar-refractivity contribution in [1.82, 2.24) is 9.97 Å². The molecule has 1 fully saturated rings. The van der Waals surface area contributed by atoms with Gasteiger partial charge in [-0.3, -0.25) is 0 Å². The molecule has 3 aromatic carbocycles. The molecule has 0 aliphatic carbocycles. The highest BCUT2D eigenvalue weighted by Crippen LogP contribution is 2.27. The monoisotopic (exact) mass is 558 g/mol. The molecule has 1 N–H and O–H groups in total. The summed E-state index contributed by atoms with van der Waals surface area (Å²) in [7, 11) is 4.00. The van der Waals surface area contributed by atoms with Crippen molar-refractivity contribution in [2.24, 2.45) is 0 Å². The summed E-state index contributed by atoms with van der Waals surface area (Å²) in [6, 6.07) is 28.6. The third-order valence-electron chi connectivity index (χ3n) is 6.25. The Morgan fingerprint density at radius 3 is 2.35 bits per heavy atom. The van der Waals surface area contributed by atoms with Gasteiger partial charge in [-0.15, -0.1) is 0 Å². The molecule has 0 atom stereocenters. The van der Waals surface area contributed by atoms with Crippen molar-refractivity contribution in [2.75, 3.05) is 60.3 Å². The first-order valence-corrected chi connectivity index (χ1v) is 13.2. The van der Waals surface area contributed by atoms with Crippen LogP contribution in [-0.4, -0.2) is 50.2 Å². The Bertz CT molecular complexity index is 1330. The van der Waals surface area contributed by atoms with E-state index in [1.807, 2.05) is 67.5 Å². The predicted octanol–water partition coefficient (Wildman–Crippen LogP) is 5.95. The van der Waals surface area contributed by atoms with Crippen molar-refractivity contribution in [3.63, 3.8) is 0 Å². The summed E-state index contributed by atoms with van der Waals surface area (Å²) < 4.78 is 7.11. The van der Waals surface area contributed by atoms with Crippen LogP contribution >= 0.6 is 15.9 Å². The lowest BCUT2D eigenvalue weighted by Crippen LogP contribution is -2.47. The van der Waals surface area contributed by atoms with E-state index in [0.29, 0.717) is 6.61 Å². The van der Waals surface area contributed by atoms with E-state index in [1.54, 1.807) is 0 Å². The van der Waals surface area contributed by atoms with E-state index in [2.05, 4.69) is 67.4 Å². The molecular formula is C29H31BrN6O. The number of benzene rings is 3. The Balaban J connectivity index is 1.29. The quantitative estimate of drug-likeness (QED) is 0.286. The minimum absolute atomic E-state index is 0.526. The maximum absolute atomic E-state index is 6.01. The van der Waals surface area contributed by atoms with Gasteiger partial charge >= 0.3 is 0 Å². The lowest BCUT2D eigenvalue weighted by atomic mass is 10.2. The zero-order chi connectivity index (χ0) is 25.6. The van der Waals surface area contributed by atoms with Crippen LogP contribution in [0.15, 0.2) is 89.4 Å². The van der Waals surface area contributed by atoms with Gasteiger partial charge in [-0.25, -0.2) is 0 Å². The molecule has 190 valence electrons. The molecular weight excluding hydrogens is 528 g/mol. The van der Waals surface area contributed by atoms with Gasteiger partial charge in [0.25, 0.3) is 0 Å². The molecule has 0 amide bonds. The number of rotatable bonds is 8. The first-order chi connectivity index (χ1) is 18.0. The number of hydrogen-bond donors (Lipinski definition) is 1. The van der Waals surface area contributed by atoms with Crippen molar-refractivity contribution in [3.8, 4) is 5.75 Å². The van der Waals surface area contributed by atoms with Crippen LogP contribution in [0.5, 0.6) is 5.75 Å². The summed E-state index contributed by atoms with van der Waals surface area (Å²) >= 11 is 3.58. The first kappa shape index (κ1) is 24.9. The molecule has 1 saturated heterocycles. The van der Waals surface area contributed by atoms with Crippen LogP contribution in [0.3, 0.4) is 0 Å². The van der Waals surface area contributed by atoms with Gasteiger partial charge in [0, 0.05) is 68.3 Å². The number of piperazine rings is 1. The van der Waals surface area contributed by atoms with Crippen LogP contribution < -0.4 is 24.8 Å². The standard InChI is InChI=1S/C29H31BrN6O/c1-34(2)28-20-27(31-24-11-7-13-26(19-24)37-21-22-8-4-3-5-9-22)32-29(33-28)36-16-14-35(15-17-36)25-12-6-10-23(30)18-25/h3-13,18-20H,14-17,21H2,1-2H3,(H,31,32,33). The van der Waals surface area contributed by atoms with E-state index in [4.69, 9.17) is 14.7 Å². The fourth-order valence-electron chi connectivity index (χ4n) is 4.25. The fourth-order valence-corrected chi connectivity index (χ4v) is 4.63. The van der Waals surface area contributed by atoms with E-state index < -0.39 is 0 Å². The number of ether oxygens (including phenoxy) is 1. The fraction of sp³-hybridized carbons (Fsp3) is 0.241. The average molecular weight is 560 g/mol. The summed E-state index contributed by atoms with van der Waals surface area (Å²) in [5.41, 5.74) is 3.28. The summed E-state index contributed by atoms with van der Waals surface area (Å²) in [5, 5.41) is 3.46. The largest absolute Gasteiger partial charge is 0.489 e. The Morgan fingerprint density at radius 1 is 0.838 bits per heavy atom. The average Bonchev–Trinajstić information content (AvgIpc) is 2.92. The Hall–Kier alpha value is -3.78. The maximum atomic E-state index is 6.01. The molecule has 5 rings (SSSR count). The normalized spacial score (nSPS) is 13.4. The van der Waals surface area contributed by atoms with Crippen molar-refractivity contribution >= 4 is 44.9 Å². The molecule has 0 spiro atoms. The first-order valence-electron chi connectivity index (χ1n) is 12.4. The van der Waals surface area contributed by atoms with Crippen LogP contribution in [-0.2, 0) is 6.61 Å². The molecule has 1 aliphatic heterocycles. The minimum Gasteiger partial charge on any atom is -0.489 e. The molecule has 1 aromatic heterocycles. The van der Waals surface area contributed by atoms with Crippen molar-refractivity contribution in [3.05, 3.63) is 95.0 Å². The second-order valence-electron chi connectivity index (χ2n) is 9.19. The van der Waals surface area contributed by atoms with Crippen LogP contribution in [0.25, 0.3) is 0 Å². The van der Waals surface area contributed by atoms with Crippen LogP contribution in [0.4, 0.5) is 29.0 Å². The van der Waals surface area contributed by atoms with Gasteiger partial charge in [-0.1, -0.05) is 58.4 Å². The second-order valence-corrected chi connectivity index (χ2v) is 10.1. The summed E-state index contributed by atoms with van der Waals surface area (Å²) in [5.74, 6) is 3.15. The molecule has 1 aliphatic rings. The van der Waals surface area contributed by atoms with Crippen molar-refractivity contribution in [1.29, 1.82) is 0 Å². The van der Waals surface area contributed by atoms with E-state index in [-0.39, 0.29) is 0 Å².